The molecule has 0 unspecified atom stereocenters. The molecule has 1 N–H and O–H groups in total. The molecule has 0 atom stereocenters. The summed E-state index contributed by atoms with van der Waals surface area (Å²) in [7, 11) is 2.01. The van der Waals surface area contributed by atoms with E-state index in [-0.39, 0.29) is 0 Å². The Morgan fingerprint density at radius 1 is 1.11 bits per heavy atom. The highest BCUT2D eigenvalue weighted by molar-refractivity contribution is 5.80. The van der Waals surface area contributed by atoms with Crippen LogP contribution in [0.3, 0.4) is 0 Å². The van der Waals surface area contributed by atoms with Crippen molar-refractivity contribution in [1.29, 1.82) is 0 Å². The summed E-state index contributed by atoms with van der Waals surface area (Å²) < 4.78 is 2.04. The number of aromatic nitrogens is 3. The molecule has 6 nitrogen and oxygen atoms in total. The molecule has 1 aromatic heterocycles. The molecule has 6 heteroatoms. The maximum atomic E-state index is 4.98. The van der Waals surface area contributed by atoms with Gasteiger partial charge in [0.2, 0.25) is 0 Å². The smallest absolute Gasteiger partial charge is 0.194 e. The Morgan fingerprint density at radius 2 is 1.89 bits per heavy atom. The highest BCUT2D eigenvalue weighted by Crippen LogP contribution is 2.43. The summed E-state index contributed by atoms with van der Waals surface area (Å²) in [6, 6.07) is 10.5. The number of aliphatic imine (C=N–C) groups is 1. The quantitative estimate of drug-likeness (QED) is 0.652. The molecule has 2 aromatic rings. The standard InChI is InChI=1S/C22H32N6/c1-18-25-26-20(27(18)2)16-24-21(23-15-19-9-5-3-6-10-19)28-14-13-22(17-28)11-7-4-8-12-22/h3,5-6,9-10H,4,7-8,11-17H2,1-2H3,(H,23,24). The van der Waals surface area contributed by atoms with Gasteiger partial charge in [-0.1, -0.05) is 49.6 Å². The highest BCUT2D eigenvalue weighted by Gasteiger charge is 2.39. The van der Waals surface area contributed by atoms with Gasteiger partial charge in [0.1, 0.15) is 5.82 Å². The lowest BCUT2D eigenvalue weighted by atomic mass is 9.73. The number of nitrogens with one attached hydrogen (secondary N) is 1. The van der Waals surface area contributed by atoms with Crippen LogP contribution in [-0.2, 0) is 20.1 Å². The summed E-state index contributed by atoms with van der Waals surface area (Å²) in [5.41, 5.74) is 1.75. The van der Waals surface area contributed by atoms with E-state index in [0.717, 1.165) is 30.7 Å². The van der Waals surface area contributed by atoms with E-state index in [1.54, 1.807) is 0 Å². The molecule has 28 heavy (non-hydrogen) atoms. The molecule has 1 spiro atoms. The van der Waals surface area contributed by atoms with Crippen molar-refractivity contribution in [3.63, 3.8) is 0 Å². The number of aryl methyl sites for hydroxylation is 1. The van der Waals surface area contributed by atoms with Crippen LogP contribution in [0, 0.1) is 12.3 Å². The Labute approximate surface area is 168 Å². The van der Waals surface area contributed by atoms with Gasteiger partial charge in [-0.05, 0) is 37.2 Å². The van der Waals surface area contributed by atoms with Crippen molar-refractivity contribution in [3.05, 3.63) is 47.5 Å². The summed E-state index contributed by atoms with van der Waals surface area (Å²) in [5.74, 6) is 2.88. The molecule has 1 saturated heterocycles. The van der Waals surface area contributed by atoms with Crippen LogP contribution in [-0.4, -0.2) is 38.7 Å². The van der Waals surface area contributed by atoms with E-state index in [2.05, 4.69) is 50.7 Å². The number of guanidine groups is 1. The van der Waals surface area contributed by atoms with Gasteiger partial charge in [-0.2, -0.15) is 0 Å². The number of hydrogen-bond acceptors (Lipinski definition) is 3. The lowest BCUT2D eigenvalue weighted by Crippen LogP contribution is -2.41. The Bertz CT molecular complexity index is 804. The summed E-state index contributed by atoms with van der Waals surface area (Å²) in [6.07, 6.45) is 8.21. The SMILES string of the molecule is Cc1nnc(CNC(=NCc2ccccc2)N2CCC3(CCCCC3)C2)n1C. The largest absolute Gasteiger partial charge is 0.349 e. The van der Waals surface area contributed by atoms with Crippen molar-refractivity contribution in [2.24, 2.45) is 17.5 Å². The van der Waals surface area contributed by atoms with E-state index >= 15 is 0 Å². The predicted octanol–water partition coefficient (Wildman–Crippen LogP) is 3.43. The number of hydrogen-bond donors (Lipinski definition) is 1. The molecule has 0 bridgehead atoms. The zero-order valence-corrected chi connectivity index (χ0v) is 17.2. The van der Waals surface area contributed by atoms with Crippen LogP contribution in [0.2, 0.25) is 0 Å². The van der Waals surface area contributed by atoms with Crippen LogP contribution in [0.4, 0.5) is 0 Å². The van der Waals surface area contributed by atoms with Crippen LogP contribution in [0.15, 0.2) is 35.3 Å². The van der Waals surface area contributed by atoms with Crippen LogP contribution in [0.1, 0.15) is 55.7 Å². The molecule has 1 aromatic carbocycles. The minimum absolute atomic E-state index is 0.509. The topological polar surface area (TPSA) is 58.3 Å². The number of benzene rings is 1. The van der Waals surface area contributed by atoms with Gasteiger partial charge in [0, 0.05) is 20.1 Å². The van der Waals surface area contributed by atoms with Crippen molar-refractivity contribution in [2.45, 2.75) is 58.5 Å². The first-order chi connectivity index (χ1) is 13.7. The van der Waals surface area contributed by atoms with Crippen molar-refractivity contribution in [1.82, 2.24) is 25.0 Å². The first kappa shape index (κ1) is 19.0. The maximum Gasteiger partial charge on any atom is 0.194 e. The van der Waals surface area contributed by atoms with E-state index in [9.17, 15) is 0 Å². The van der Waals surface area contributed by atoms with E-state index in [1.807, 2.05) is 18.5 Å². The molecular weight excluding hydrogens is 348 g/mol. The molecule has 4 rings (SSSR count). The van der Waals surface area contributed by atoms with E-state index in [4.69, 9.17) is 4.99 Å². The van der Waals surface area contributed by atoms with Gasteiger partial charge in [-0.25, -0.2) is 4.99 Å². The summed E-state index contributed by atoms with van der Waals surface area (Å²) in [5, 5.41) is 12.0. The minimum atomic E-state index is 0.509. The van der Waals surface area contributed by atoms with E-state index < -0.39 is 0 Å². The van der Waals surface area contributed by atoms with Crippen molar-refractivity contribution < 1.29 is 0 Å². The Hall–Kier alpha value is -2.37. The average molecular weight is 381 g/mol. The highest BCUT2D eigenvalue weighted by atomic mass is 15.3. The fourth-order valence-electron chi connectivity index (χ4n) is 4.61. The molecule has 2 fully saturated rings. The minimum Gasteiger partial charge on any atom is -0.349 e. The van der Waals surface area contributed by atoms with Gasteiger partial charge < -0.3 is 14.8 Å². The normalized spacial score (nSPS) is 19.4. The van der Waals surface area contributed by atoms with Gasteiger partial charge >= 0.3 is 0 Å². The van der Waals surface area contributed by atoms with Crippen LogP contribution >= 0.6 is 0 Å². The second-order valence-electron chi connectivity index (χ2n) is 8.43. The molecule has 2 aliphatic rings. The molecule has 1 aliphatic heterocycles. The van der Waals surface area contributed by atoms with Gasteiger partial charge in [0.05, 0.1) is 13.1 Å². The van der Waals surface area contributed by atoms with Crippen molar-refractivity contribution >= 4 is 5.96 Å². The van der Waals surface area contributed by atoms with Crippen molar-refractivity contribution in [3.8, 4) is 0 Å². The second-order valence-corrected chi connectivity index (χ2v) is 8.43. The number of likely N-dealkylation sites (tertiary alicyclic amines) is 1. The lowest BCUT2D eigenvalue weighted by Gasteiger charge is -2.33. The first-order valence-corrected chi connectivity index (χ1v) is 10.6. The third-order valence-electron chi connectivity index (χ3n) is 6.49. The van der Waals surface area contributed by atoms with Crippen LogP contribution < -0.4 is 5.32 Å². The van der Waals surface area contributed by atoms with Gasteiger partial charge in [-0.15, -0.1) is 10.2 Å². The van der Waals surface area contributed by atoms with Crippen molar-refractivity contribution in [2.75, 3.05) is 13.1 Å². The van der Waals surface area contributed by atoms with Gasteiger partial charge in [-0.3, -0.25) is 0 Å². The molecule has 1 saturated carbocycles. The third-order valence-corrected chi connectivity index (χ3v) is 6.49. The summed E-state index contributed by atoms with van der Waals surface area (Å²) in [4.78, 5) is 7.45. The Kier molecular flexibility index (Phi) is 5.64. The zero-order chi connectivity index (χ0) is 19.4. The third kappa shape index (κ3) is 4.21. The Morgan fingerprint density at radius 3 is 2.61 bits per heavy atom. The second kappa shape index (κ2) is 8.33. The van der Waals surface area contributed by atoms with Crippen LogP contribution in [0.25, 0.3) is 0 Å². The average Bonchev–Trinajstić information content (AvgIpc) is 3.27. The lowest BCUT2D eigenvalue weighted by molar-refractivity contribution is 0.203. The zero-order valence-electron chi connectivity index (χ0n) is 17.2. The van der Waals surface area contributed by atoms with E-state index in [0.29, 0.717) is 18.5 Å². The predicted molar refractivity (Wildman–Crippen MR) is 112 cm³/mol. The maximum absolute atomic E-state index is 4.98. The Balaban J connectivity index is 1.48. The number of rotatable bonds is 4. The van der Waals surface area contributed by atoms with Gasteiger partial charge in [0.25, 0.3) is 0 Å². The molecule has 150 valence electrons. The summed E-state index contributed by atoms with van der Waals surface area (Å²) in [6.45, 7) is 5.55. The van der Waals surface area contributed by atoms with Gasteiger partial charge in [0.15, 0.2) is 11.8 Å². The fraction of sp³-hybridized carbons (Fsp3) is 0.591. The monoisotopic (exact) mass is 380 g/mol. The van der Waals surface area contributed by atoms with Crippen LogP contribution in [0.5, 0.6) is 0 Å². The molecule has 1 aliphatic carbocycles. The summed E-state index contributed by atoms with van der Waals surface area (Å²) >= 11 is 0. The fourth-order valence-corrected chi connectivity index (χ4v) is 4.61. The molecule has 2 heterocycles. The molecule has 0 amide bonds. The van der Waals surface area contributed by atoms with E-state index in [1.165, 1.54) is 44.1 Å². The first-order valence-electron chi connectivity index (χ1n) is 10.6. The molecule has 0 radical (unpaired) electrons. The number of nitrogens with zero attached hydrogens (tertiary/aromatic N) is 5. The molecular formula is C22H32N6.